The molecule has 0 fully saturated rings. The van der Waals surface area contributed by atoms with Crippen LogP contribution in [0.5, 0.6) is 0 Å². The second-order valence-corrected chi connectivity index (χ2v) is 3.93. The van der Waals surface area contributed by atoms with Crippen molar-refractivity contribution < 1.29 is 4.74 Å². The van der Waals surface area contributed by atoms with Gasteiger partial charge in [-0.05, 0) is 37.3 Å². The third-order valence-electron chi connectivity index (χ3n) is 2.66. The fourth-order valence-electron chi connectivity index (χ4n) is 1.77. The van der Waals surface area contributed by atoms with Gasteiger partial charge >= 0.3 is 0 Å². The number of ether oxygens (including phenoxy) is 1. The van der Waals surface area contributed by atoms with Crippen molar-refractivity contribution in [3.8, 4) is 0 Å². The molecular formula is C13H21NO. The highest BCUT2D eigenvalue weighted by atomic mass is 16.5. The summed E-state index contributed by atoms with van der Waals surface area (Å²) in [6.45, 7) is 1.60. The molecule has 2 heteroatoms. The van der Waals surface area contributed by atoms with Crippen LogP contribution in [0.4, 0.5) is 0 Å². The molecule has 0 aromatic heterocycles. The molecule has 15 heavy (non-hydrogen) atoms. The molecule has 0 amide bonds. The molecule has 0 saturated heterocycles. The molecule has 0 radical (unpaired) electrons. The predicted molar refractivity (Wildman–Crippen MR) is 63.8 cm³/mol. The minimum Gasteiger partial charge on any atom is -0.385 e. The van der Waals surface area contributed by atoms with Crippen molar-refractivity contribution in [2.75, 3.05) is 20.3 Å². The standard InChI is InChI=1S/C13H21NO/c1-15-9-5-8-13(11-14)10-12-6-3-2-4-7-12/h2-4,6-7,13H,5,8-11,14H2,1H3. The zero-order valence-corrected chi connectivity index (χ0v) is 9.49. The summed E-state index contributed by atoms with van der Waals surface area (Å²) < 4.78 is 5.05. The van der Waals surface area contributed by atoms with Crippen LogP contribution in [0.15, 0.2) is 30.3 Å². The molecule has 2 nitrogen and oxygen atoms in total. The summed E-state index contributed by atoms with van der Waals surface area (Å²) in [4.78, 5) is 0. The highest BCUT2D eigenvalue weighted by molar-refractivity contribution is 5.15. The molecule has 0 bridgehead atoms. The van der Waals surface area contributed by atoms with E-state index in [2.05, 4.69) is 24.3 Å². The van der Waals surface area contributed by atoms with Crippen LogP contribution in [0.1, 0.15) is 18.4 Å². The number of nitrogens with two attached hydrogens (primary N) is 1. The van der Waals surface area contributed by atoms with E-state index in [9.17, 15) is 0 Å². The van der Waals surface area contributed by atoms with Crippen LogP contribution in [0.2, 0.25) is 0 Å². The highest BCUT2D eigenvalue weighted by Gasteiger charge is 2.06. The summed E-state index contributed by atoms with van der Waals surface area (Å²) in [5.41, 5.74) is 7.14. The van der Waals surface area contributed by atoms with E-state index in [1.165, 1.54) is 5.56 Å². The summed E-state index contributed by atoms with van der Waals surface area (Å²) in [6.07, 6.45) is 3.34. The van der Waals surface area contributed by atoms with E-state index in [4.69, 9.17) is 10.5 Å². The van der Waals surface area contributed by atoms with E-state index in [0.717, 1.165) is 32.4 Å². The lowest BCUT2D eigenvalue weighted by Gasteiger charge is -2.14. The van der Waals surface area contributed by atoms with Gasteiger partial charge in [-0.1, -0.05) is 30.3 Å². The summed E-state index contributed by atoms with van der Waals surface area (Å²) in [6, 6.07) is 10.5. The molecule has 0 heterocycles. The van der Waals surface area contributed by atoms with Crippen molar-refractivity contribution in [1.82, 2.24) is 0 Å². The van der Waals surface area contributed by atoms with E-state index in [1.807, 2.05) is 6.07 Å². The molecule has 2 N–H and O–H groups in total. The van der Waals surface area contributed by atoms with Crippen molar-refractivity contribution in [2.45, 2.75) is 19.3 Å². The lowest BCUT2D eigenvalue weighted by atomic mass is 9.95. The van der Waals surface area contributed by atoms with Crippen LogP contribution in [-0.2, 0) is 11.2 Å². The first-order chi connectivity index (χ1) is 7.36. The van der Waals surface area contributed by atoms with Crippen LogP contribution in [-0.4, -0.2) is 20.3 Å². The van der Waals surface area contributed by atoms with Crippen LogP contribution < -0.4 is 5.73 Å². The summed E-state index contributed by atoms with van der Waals surface area (Å²) >= 11 is 0. The Morgan fingerprint density at radius 3 is 2.60 bits per heavy atom. The summed E-state index contributed by atoms with van der Waals surface area (Å²) in [5.74, 6) is 0.586. The number of methoxy groups -OCH3 is 1. The maximum Gasteiger partial charge on any atom is 0.0462 e. The van der Waals surface area contributed by atoms with Crippen molar-refractivity contribution >= 4 is 0 Å². The lowest BCUT2D eigenvalue weighted by Crippen LogP contribution is -2.17. The molecule has 0 aliphatic rings. The van der Waals surface area contributed by atoms with Gasteiger partial charge in [-0.3, -0.25) is 0 Å². The van der Waals surface area contributed by atoms with Gasteiger partial charge in [0, 0.05) is 13.7 Å². The first kappa shape index (κ1) is 12.2. The average molecular weight is 207 g/mol. The molecule has 1 aromatic rings. The molecule has 0 aliphatic heterocycles. The monoisotopic (exact) mass is 207 g/mol. The molecule has 1 atom stereocenters. The van der Waals surface area contributed by atoms with Crippen LogP contribution in [0.25, 0.3) is 0 Å². The van der Waals surface area contributed by atoms with Gasteiger partial charge in [0.25, 0.3) is 0 Å². The Labute approximate surface area is 92.4 Å². The fourth-order valence-corrected chi connectivity index (χ4v) is 1.77. The van der Waals surface area contributed by atoms with Gasteiger partial charge in [-0.15, -0.1) is 0 Å². The molecule has 1 aromatic carbocycles. The quantitative estimate of drug-likeness (QED) is 0.696. The third-order valence-corrected chi connectivity index (χ3v) is 2.66. The number of hydrogen-bond donors (Lipinski definition) is 1. The van der Waals surface area contributed by atoms with Crippen molar-refractivity contribution in [1.29, 1.82) is 0 Å². The normalized spacial score (nSPS) is 12.7. The largest absolute Gasteiger partial charge is 0.385 e. The fraction of sp³-hybridized carbons (Fsp3) is 0.538. The summed E-state index contributed by atoms with van der Waals surface area (Å²) in [7, 11) is 1.74. The molecule has 0 spiro atoms. The second kappa shape index (κ2) is 7.43. The van der Waals surface area contributed by atoms with E-state index in [0.29, 0.717) is 5.92 Å². The van der Waals surface area contributed by atoms with Crippen LogP contribution in [0, 0.1) is 5.92 Å². The van der Waals surface area contributed by atoms with Crippen molar-refractivity contribution in [2.24, 2.45) is 11.7 Å². The Bertz CT molecular complexity index is 248. The van der Waals surface area contributed by atoms with E-state index >= 15 is 0 Å². The molecule has 84 valence electrons. The van der Waals surface area contributed by atoms with Gasteiger partial charge in [0.05, 0.1) is 0 Å². The first-order valence-corrected chi connectivity index (χ1v) is 5.59. The number of rotatable bonds is 7. The first-order valence-electron chi connectivity index (χ1n) is 5.59. The molecule has 1 rings (SSSR count). The molecule has 1 unspecified atom stereocenters. The Kier molecular flexibility index (Phi) is 6.05. The minimum atomic E-state index is 0.586. The van der Waals surface area contributed by atoms with Crippen LogP contribution >= 0.6 is 0 Å². The molecule has 0 aliphatic carbocycles. The van der Waals surface area contributed by atoms with Crippen molar-refractivity contribution in [3.05, 3.63) is 35.9 Å². The topological polar surface area (TPSA) is 35.2 Å². The Hall–Kier alpha value is -0.860. The van der Waals surface area contributed by atoms with E-state index < -0.39 is 0 Å². The summed E-state index contributed by atoms with van der Waals surface area (Å²) in [5, 5.41) is 0. The lowest BCUT2D eigenvalue weighted by molar-refractivity contribution is 0.187. The van der Waals surface area contributed by atoms with Gasteiger partial charge in [0.1, 0.15) is 0 Å². The molecular weight excluding hydrogens is 186 g/mol. The van der Waals surface area contributed by atoms with Crippen molar-refractivity contribution in [3.63, 3.8) is 0 Å². The third kappa shape index (κ3) is 4.96. The zero-order valence-electron chi connectivity index (χ0n) is 9.49. The van der Waals surface area contributed by atoms with Gasteiger partial charge in [-0.25, -0.2) is 0 Å². The number of hydrogen-bond acceptors (Lipinski definition) is 2. The highest BCUT2D eigenvalue weighted by Crippen LogP contribution is 2.12. The second-order valence-electron chi connectivity index (χ2n) is 3.93. The number of benzene rings is 1. The van der Waals surface area contributed by atoms with Gasteiger partial charge in [0.15, 0.2) is 0 Å². The van der Waals surface area contributed by atoms with E-state index in [-0.39, 0.29) is 0 Å². The smallest absolute Gasteiger partial charge is 0.0462 e. The van der Waals surface area contributed by atoms with Gasteiger partial charge in [0.2, 0.25) is 0 Å². The molecule has 0 saturated carbocycles. The Balaban J connectivity index is 2.33. The van der Waals surface area contributed by atoms with Crippen LogP contribution in [0.3, 0.4) is 0 Å². The van der Waals surface area contributed by atoms with E-state index in [1.54, 1.807) is 7.11 Å². The predicted octanol–water partition coefficient (Wildman–Crippen LogP) is 2.23. The van der Waals surface area contributed by atoms with Gasteiger partial charge < -0.3 is 10.5 Å². The minimum absolute atomic E-state index is 0.586. The Morgan fingerprint density at radius 1 is 1.27 bits per heavy atom. The maximum absolute atomic E-state index is 5.76. The zero-order chi connectivity index (χ0) is 10.9. The van der Waals surface area contributed by atoms with Gasteiger partial charge in [-0.2, -0.15) is 0 Å². The average Bonchev–Trinajstić information content (AvgIpc) is 2.29. The maximum atomic E-state index is 5.76. The SMILES string of the molecule is COCCCC(CN)Cc1ccccc1. The Morgan fingerprint density at radius 2 is 2.00 bits per heavy atom.